The highest BCUT2D eigenvalue weighted by atomic mass is 32.2. The van der Waals surface area contributed by atoms with Crippen LogP contribution in [0.4, 0.5) is 5.13 Å². The fraction of sp³-hybridized carbons (Fsp3) is 0.700. The SMILES string of the molecule is CC1(C)CCSCC1Nc1nccs1. The summed E-state index contributed by atoms with van der Waals surface area (Å²) < 4.78 is 0. The molecule has 2 heterocycles. The van der Waals surface area contributed by atoms with Crippen LogP contribution in [0.25, 0.3) is 0 Å². The van der Waals surface area contributed by atoms with Gasteiger partial charge in [-0.25, -0.2) is 4.98 Å². The molecule has 0 spiro atoms. The van der Waals surface area contributed by atoms with Crippen LogP contribution >= 0.6 is 23.1 Å². The first-order valence-electron chi connectivity index (χ1n) is 4.92. The first-order valence-corrected chi connectivity index (χ1v) is 6.96. The molecule has 0 aliphatic carbocycles. The Kier molecular flexibility index (Phi) is 3.02. The van der Waals surface area contributed by atoms with E-state index in [1.54, 1.807) is 11.3 Å². The van der Waals surface area contributed by atoms with Crippen molar-refractivity contribution in [2.45, 2.75) is 26.3 Å². The summed E-state index contributed by atoms with van der Waals surface area (Å²) in [4.78, 5) is 4.27. The first kappa shape index (κ1) is 10.3. The van der Waals surface area contributed by atoms with Gasteiger partial charge in [0.2, 0.25) is 0 Å². The van der Waals surface area contributed by atoms with Crippen molar-refractivity contribution in [1.29, 1.82) is 0 Å². The Hall–Kier alpha value is -0.220. The molecule has 1 aromatic heterocycles. The molecule has 1 aliphatic rings. The van der Waals surface area contributed by atoms with Crippen molar-refractivity contribution in [3.63, 3.8) is 0 Å². The number of hydrogen-bond donors (Lipinski definition) is 1. The van der Waals surface area contributed by atoms with Gasteiger partial charge < -0.3 is 5.32 Å². The van der Waals surface area contributed by atoms with E-state index in [4.69, 9.17) is 0 Å². The average Bonchev–Trinajstić information content (AvgIpc) is 2.61. The molecule has 1 aromatic rings. The maximum absolute atomic E-state index is 4.27. The van der Waals surface area contributed by atoms with Gasteiger partial charge >= 0.3 is 0 Å². The lowest BCUT2D eigenvalue weighted by atomic mass is 9.82. The van der Waals surface area contributed by atoms with Gasteiger partial charge in [-0.15, -0.1) is 11.3 Å². The summed E-state index contributed by atoms with van der Waals surface area (Å²) >= 11 is 3.73. The second-order valence-electron chi connectivity index (χ2n) is 4.35. The molecule has 14 heavy (non-hydrogen) atoms. The van der Waals surface area contributed by atoms with Crippen molar-refractivity contribution in [3.8, 4) is 0 Å². The first-order chi connectivity index (χ1) is 6.68. The summed E-state index contributed by atoms with van der Waals surface area (Å²) in [6.45, 7) is 4.69. The highest BCUT2D eigenvalue weighted by Gasteiger charge is 2.32. The Bertz CT molecular complexity index is 282. The quantitative estimate of drug-likeness (QED) is 0.842. The minimum Gasteiger partial charge on any atom is -0.357 e. The summed E-state index contributed by atoms with van der Waals surface area (Å²) in [5, 5.41) is 6.62. The molecule has 0 amide bonds. The van der Waals surface area contributed by atoms with E-state index in [9.17, 15) is 0 Å². The summed E-state index contributed by atoms with van der Waals surface area (Å²) in [6, 6.07) is 0.562. The largest absolute Gasteiger partial charge is 0.357 e. The minimum absolute atomic E-state index is 0.400. The zero-order valence-electron chi connectivity index (χ0n) is 8.62. The smallest absolute Gasteiger partial charge is 0.182 e. The molecule has 78 valence electrons. The molecule has 1 aliphatic heterocycles. The van der Waals surface area contributed by atoms with Crippen LogP contribution in [-0.2, 0) is 0 Å². The Morgan fingerprint density at radius 3 is 3.07 bits per heavy atom. The van der Waals surface area contributed by atoms with Crippen LogP contribution in [0.1, 0.15) is 20.3 Å². The number of anilines is 1. The Morgan fingerprint density at radius 2 is 2.43 bits per heavy atom. The molecule has 1 saturated heterocycles. The monoisotopic (exact) mass is 228 g/mol. The van der Waals surface area contributed by atoms with Gasteiger partial charge in [-0.1, -0.05) is 13.8 Å². The van der Waals surface area contributed by atoms with E-state index >= 15 is 0 Å². The van der Waals surface area contributed by atoms with Crippen LogP contribution in [0.3, 0.4) is 0 Å². The molecule has 1 atom stereocenters. The Morgan fingerprint density at radius 1 is 1.57 bits per heavy atom. The van der Waals surface area contributed by atoms with E-state index in [1.165, 1.54) is 17.9 Å². The number of aromatic nitrogens is 1. The fourth-order valence-electron chi connectivity index (χ4n) is 1.62. The third-order valence-electron chi connectivity index (χ3n) is 2.85. The van der Waals surface area contributed by atoms with Gasteiger partial charge in [0.1, 0.15) is 0 Å². The molecular weight excluding hydrogens is 212 g/mol. The number of nitrogens with one attached hydrogen (secondary N) is 1. The molecule has 0 aromatic carbocycles. The number of rotatable bonds is 2. The summed E-state index contributed by atoms with van der Waals surface area (Å²) in [5.41, 5.74) is 0.400. The molecule has 2 rings (SSSR count). The Balaban J connectivity index is 2.02. The zero-order chi connectivity index (χ0) is 10.0. The number of nitrogens with zero attached hydrogens (tertiary/aromatic N) is 1. The van der Waals surface area contributed by atoms with Crippen molar-refractivity contribution in [2.24, 2.45) is 5.41 Å². The molecule has 0 bridgehead atoms. The van der Waals surface area contributed by atoms with Crippen LogP contribution in [0.5, 0.6) is 0 Å². The maximum atomic E-state index is 4.27. The van der Waals surface area contributed by atoms with E-state index < -0.39 is 0 Å². The molecular formula is C10H16N2S2. The van der Waals surface area contributed by atoms with Crippen molar-refractivity contribution in [1.82, 2.24) is 4.98 Å². The molecule has 0 radical (unpaired) electrons. The summed E-state index contributed by atoms with van der Waals surface area (Å²) in [5.74, 6) is 2.50. The number of thiazole rings is 1. The van der Waals surface area contributed by atoms with Gasteiger partial charge in [0, 0.05) is 23.4 Å². The molecule has 4 heteroatoms. The normalized spacial score (nSPS) is 26.0. The van der Waals surface area contributed by atoms with Gasteiger partial charge in [-0.3, -0.25) is 0 Å². The zero-order valence-corrected chi connectivity index (χ0v) is 10.3. The van der Waals surface area contributed by atoms with Crippen molar-refractivity contribution >= 4 is 28.2 Å². The second-order valence-corrected chi connectivity index (χ2v) is 6.39. The highest BCUT2D eigenvalue weighted by Crippen LogP contribution is 2.36. The van der Waals surface area contributed by atoms with E-state index in [0.717, 1.165) is 5.13 Å². The van der Waals surface area contributed by atoms with Gasteiger partial charge in [0.15, 0.2) is 5.13 Å². The summed E-state index contributed by atoms with van der Waals surface area (Å²) in [6.07, 6.45) is 3.15. The van der Waals surface area contributed by atoms with E-state index in [1.807, 2.05) is 23.3 Å². The molecule has 2 nitrogen and oxygen atoms in total. The number of thioether (sulfide) groups is 1. The van der Waals surface area contributed by atoms with Crippen LogP contribution < -0.4 is 5.32 Å². The van der Waals surface area contributed by atoms with Gasteiger partial charge in [0.25, 0.3) is 0 Å². The van der Waals surface area contributed by atoms with Crippen LogP contribution in [-0.4, -0.2) is 22.5 Å². The second kappa shape index (κ2) is 4.11. The lowest BCUT2D eigenvalue weighted by Gasteiger charge is -2.38. The lowest BCUT2D eigenvalue weighted by Crippen LogP contribution is -2.41. The number of hydrogen-bond acceptors (Lipinski definition) is 4. The summed E-state index contributed by atoms with van der Waals surface area (Å²) in [7, 11) is 0. The van der Waals surface area contributed by atoms with Crippen LogP contribution in [0, 0.1) is 5.41 Å². The molecule has 1 fully saturated rings. The molecule has 1 unspecified atom stereocenters. The van der Waals surface area contributed by atoms with E-state index in [-0.39, 0.29) is 0 Å². The van der Waals surface area contributed by atoms with E-state index in [2.05, 4.69) is 24.1 Å². The lowest BCUT2D eigenvalue weighted by molar-refractivity contribution is 0.305. The molecule has 1 N–H and O–H groups in total. The maximum Gasteiger partial charge on any atom is 0.182 e. The third-order valence-corrected chi connectivity index (χ3v) is 4.61. The predicted octanol–water partition coefficient (Wildman–Crippen LogP) is 3.09. The Labute approximate surface area is 93.5 Å². The van der Waals surface area contributed by atoms with Crippen molar-refractivity contribution in [2.75, 3.05) is 16.8 Å². The van der Waals surface area contributed by atoms with Gasteiger partial charge in [-0.2, -0.15) is 11.8 Å². The standard InChI is InChI=1S/C10H16N2S2/c1-10(2)3-5-13-7-8(10)12-9-11-4-6-14-9/h4,6,8H,3,5,7H2,1-2H3,(H,11,12). The third kappa shape index (κ3) is 2.23. The highest BCUT2D eigenvalue weighted by molar-refractivity contribution is 7.99. The van der Waals surface area contributed by atoms with Gasteiger partial charge in [0.05, 0.1) is 0 Å². The molecule has 0 saturated carbocycles. The van der Waals surface area contributed by atoms with Crippen molar-refractivity contribution in [3.05, 3.63) is 11.6 Å². The average molecular weight is 228 g/mol. The van der Waals surface area contributed by atoms with Crippen LogP contribution in [0.2, 0.25) is 0 Å². The van der Waals surface area contributed by atoms with E-state index in [0.29, 0.717) is 11.5 Å². The van der Waals surface area contributed by atoms with Crippen molar-refractivity contribution < 1.29 is 0 Å². The minimum atomic E-state index is 0.400. The van der Waals surface area contributed by atoms with Gasteiger partial charge in [-0.05, 0) is 17.6 Å². The predicted molar refractivity (Wildman–Crippen MR) is 65.2 cm³/mol. The topological polar surface area (TPSA) is 24.9 Å². The fourth-order valence-corrected chi connectivity index (χ4v) is 3.81. The van der Waals surface area contributed by atoms with Crippen LogP contribution in [0.15, 0.2) is 11.6 Å².